The Bertz CT molecular complexity index is 911. The third-order valence-corrected chi connectivity index (χ3v) is 4.84. The minimum absolute atomic E-state index is 0.0911. The Kier molecular flexibility index (Phi) is 4.80. The summed E-state index contributed by atoms with van der Waals surface area (Å²) in [4.78, 5) is 37.3. The molecule has 1 aromatic heterocycles. The number of amides is 1. The number of carboxylic acids is 1. The van der Waals surface area contributed by atoms with Crippen LogP contribution >= 0.6 is 0 Å². The summed E-state index contributed by atoms with van der Waals surface area (Å²) in [6.07, 6.45) is 2.32. The van der Waals surface area contributed by atoms with Gasteiger partial charge in [0.05, 0.1) is 5.39 Å². The summed E-state index contributed by atoms with van der Waals surface area (Å²) < 4.78 is 1.30. The number of fused-ring (bicyclic) bond motifs is 1. The first-order valence-electron chi connectivity index (χ1n) is 8.90. The van der Waals surface area contributed by atoms with Crippen LogP contribution in [-0.2, 0) is 11.3 Å². The number of rotatable bonds is 5. The lowest BCUT2D eigenvalue weighted by atomic mass is 9.97. The molecule has 1 heterocycles. The fraction of sp³-hybridized carbons (Fsp3) is 0.474. The van der Waals surface area contributed by atoms with Gasteiger partial charge >= 0.3 is 5.97 Å². The Morgan fingerprint density at radius 3 is 2.42 bits per heavy atom. The van der Waals surface area contributed by atoms with Crippen molar-refractivity contribution in [3.8, 4) is 0 Å². The van der Waals surface area contributed by atoms with E-state index in [0.29, 0.717) is 30.2 Å². The van der Waals surface area contributed by atoms with Crippen LogP contribution in [0.5, 0.6) is 0 Å². The van der Waals surface area contributed by atoms with Crippen LogP contribution in [0, 0.1) is 5.92 Å². The zero-order valence-electron chi connectivity index (χ0n) is 15.0. The van der Waals surface area contributed by atoms with Crippen molar-refractivity contribution in [1.82, 2.24) is 15.1 Å². The lowest BCUT2D eigenvalue weighted by molar-refractivity contribution is -0.144. The Labute approximate surface area is 151 Å². The first-order valence-corrected chi connectivity index (χ1v) is 8.90. The van der Waals surface area contributed by atoms with Crippen molar-refractivity contribution in [3.05, 3.63) is 40.3 Å². The van der Waals surface area contributed by atoms with Gasteiger partial charge in [0, 0.05) is 11.9 Å². The van der Waals surface area contributed by atoms with Gasteiger partial charge < -0.3 is 10.4 Å². The second-order valence-electron chi connectivity index (χ2n) is 7.32. The molecule has 3 rings (SSSR count). The molecule has 1 aliphatic rings. The van der Waals surface area contributed by atoms with E-state index in [1.165, 1.54) is 4.68 Å². The van der Waals surface area contributed by atoms with Gasteiger partial charge in [-0.1, -0.05) is 44.9 Å². The highest BCUT2D eigenvalue weighted by atomic mass is 16.4. The number of nitrogens with zero attached hydrogens (tertiary/aromatic N) is 2. The number of aromatic nitrogens is 2. The van der Waals surface area contributed by atoms with Crippen LogP contribution in [0.25, 0.3) is 10.8 Å². The van der Waals surface area contributed by atoms with Gasteiger partial charge in [-0.2, -0.15) is 5.10 Å². The van der Waals surface area contributed by atoms with E-state index in [-0.39, 0.29) is 17.2 Å². The maximum absolute atomic E-state index is 12.9. The number of hydrogen-bond donors (Lipinski definition) is 2. The molecular weight excluding hydrogens is 334 g/mol. The first-order chi connectivity index (χ1) is 12.3. The van der Waals surface area contributed by atoms with E-state index in [2.05, 4.69) is 10.4 Å². The van der Waals surface area contributed by atoms with E-state index in [0.717, 1.165) is 12.8 Å². The number of carbonyl (C=O) groups is 2. The highest BCUT2D eigenvalue weighted by Crippen LogP contribution is 2.30. The lowest BCUT2D eigenvalue weighted by Crippen LogP contribution is -2.53. The molecule has 1 aliphatic carbocycles. The van der Waals surface area contributed by atoms with Crippen molar-refractivity contribution in [2.24, 2.45) is 5.92 Å². The highest BCUT2D eigenvalue weighted by molar-refractivity contribution is 6.06. The first kappa shape index (κ1) is 18.1. The van der Waals surface area contributed by atoms with Gasteiger partial charge in [-0.05, 0) is 24.8 Å². The van der Waals surface area contributed by atoms with Crippen LogP contribution in [-0.4, -0.2) is 32.3 Å². The van der Waals surface area contributed by atoms with Crippen LogP contribution < -0.4 is 10.9 Å². The molecule has 0 aliphatic heterocycles. The van der Waals surface area contributed by atoms with Gasteiger partial charge in [0.25, 0.3) is 11.5 Å². The second kappa shape index (κ2) is 6.90. The van der Waals surface area contributed by atoms with Crippen LogP contribution in [0.1, 0.15) is 50.0 Å². The molecule has 0 radical (unpaired) electrons. The maximum atomic E-state index is 12.9. The van der Waals surface area contributed by atoms with Crippen molar-refractivity contribution < 1.29 is 14.7 Å². The fourth-order valence-electron chi connectivity index (χ4n) is 3.52. The number of benzene rings is 1. The zero-order chi connectivity index (χ0) is 18.9. The topological polar surface area (TPSA) is 101 Å². The molecule has 26 heavy (non-hydrogen) atoms. The normalized spacial score (nSPS) is 16.1. The molecule has 7 heteroatoms. The fourth-order valence-corrected chi connectivity index (χ4v) is 3.52. The molecular formula is C19H23N3O4. The molecule has 0 bridgehead atoms. The number of carboxylic acid groups (broad SMARTS) is 1. The minimum atomic E-state index is -1.25. The second-order valence-corrected chi connectivity index (χ2v) is 7.32. The summed E-state index contributed by atoms with van der Waals surface area (Å²) in [6, 6.07) is 6.80. The molecule has 138 valence electrons. The van der Waals surface area contributed by atoms with Crippen molar-refractivity contribution in [2.45, 2.75) is 51.6 Å². The van der Waals surface area contributed by atoms with E-state index in [1.807, 2.05) is 13.8 Å². The number of aliphatic carboxylic acids is 1. The number of nitrogens with one attached hydrogen (secondary N) is 1. The Balaban J connectivity index is 2.08. The molecule has 1 amide bonds. The quantitative estimate of drug-likeness (QED) is 0.854. The molecule has 7 nitrogen and oxygen atoms in total. The lowest BCUT2D eigenvalue weighted by Gasteiger charge is -2.25. The molecule has 1 fully saturated rings. The van der Waals surface area contributed by atoms with Crippen molar-refractivity contribution >= 4 is 22.6 Å². The summed E-state index contributed by atoms with van der Waals surface area (Å²) in [5.41, 5.74) is -1.41. The van der Waals surface area contributed by atoms with E-state index in [1.54, 1.807) is 24.3 Å². The Morgan fingerprint density at radius 2 is 1.85 bits per heavy atom. The summed E-state index contributed by atoms with van der Waals surface area (Å²) in [7, 11) is 0. The molecule has 1 saturated carbocycles. The molecule has 0 saturated heterocycles. The number of carbonyl (C=O) groups excluding carboxylic acids is 1. The monoisotopic (exact) mass is 357 g/mol. The smallest absolute Gasteiger partial charge is 0.329 e. The summed E-state index contributed by atoms with van der Waals surface area (Å²) >= 11 is 0. The van der Waals surface area contributed by atoms with Crippen molar-refractivity contribution in [2.75, 3.05) is 0 Å². The van der Waals surface area contributed by atoms with Crippen LogP contribution in [0.2, 0.25) is 0 Å². The molecule has 0 spiro atoms. The van der Waals surface area contributed by atoms with Crippen molar-refractivity contribution in [1.29, 1.82) is 0 Å². The Morgan fingerprint density at radius 1 is 1.23 bits per heavy atom. The minimum Gasteiger partial charge on any atom is -0.480 e. The average Bonchev–Trinajstić information content (AvgIpc) is 3.07. The molecule has 0 unspecified atom stereocenters. The van der Waals surface area contributed by atoms with Crippen molar-refractivity contribution in [3.63, 3.8) is 0 Å². The van der Waals surface area contributed by atoms with Gasteiger partial charge in [-0.25, -0.2) is 9.48 Å². The highest BCUT2D eigenvalue weighted by Gasteiger charge is 2.43. The van der Waals surface area contributed by atoms with Gasteiger partial charge in [-0.15, -0.1) is 0 Å². The van der Waals surface area contributed by atoms with E-state index in [4.69, 9.17) is 0 Å². The van der Waals surface area contributed by atoms with Gasteiger partial charge in [-0.3, -0.25) is 9.59 Å². The van der Waals surface area contributed by atoms with Gasteiger partial charge in [0.2, 0.25) is 0 Å². The zero-order valence-corrected chi connectivity index (χ0v) is 15.0. The summed E-state index contributed by atoms with van der Waals surface area (Å²) in [5, 5.41) is 17.4. The SMILES string of the molecule is CC(C)Cn1nc(C(=O)NC2(C(=O)O)CCCC2)c2ccccc2c1=O. The van der Waals surface area contributed by atoms with E-state index >= 15 is 0 Å². The molecule has 0 atom stereocenters. The van der Waals surface area contributed by atoms with Gasteiger partial charge in [0.15, 0.2) is 5.69 Å². The van der Waals surface area contributed by atoms with Crippen LogP contribution in [0.15, 0.2) is 29.1 Å². The predicted molar refractivity (Wildman–Crippen MR) is 97.1 cm³/mol. The Hall–Kier alpha value is -2.70. The summed E-state index contributed by atoms with van der Waals surface area (Å²) in [5.74, 6) is -1.40. The largest absolute Gasteiger partial charge is 0.480 e. The standard InChI is InChI=1S/C19H23N3O4/c1-12(2)11-22-17(24)14-8-4-3-7-13(14)15(21-22)16(23)20-19(18(25)26)9-5-6-10-19/h3-4,7-8,12H,5-6,9-11H2,1-2H3,(H,20,23)(H,25,26). The maximum Gasteiger partial charge on any atom is 0.329 e. The van der Waals surface area contributed by atoms with Crippen LogP contribution in [0.4, 0.5) is 0 Å². The molecule has 1 aromatic carbocycles. The molecule has 2 N–H and O–H groups in total. The third kappa shape index (κ3) is 3.21. The number of hydrogen-bond acceptors (Lipinski definition) is 4. The van der Waals surface area contributed by atoms with Crippen LogP contribution in [0.3, 0.4) is 0 Å². The van der Waals surface area contributed by atoms with E-state index in [9.17, 15) is 19.5 Å². The average molecular weight is 357 g/mol. The van der Waals surface area contributed by atoms with Gasteiger partial charge in [0.1, 0.15) is 5.54 Å². The summed E-state index contributed by atoms with van der Waals surface area (Å²) in [6.45, 7) is 4.30. The van der Waals surface area contributed by atoms with E-state index < -0.39 is 17.4 Å². The predicted octanol–water partition coefficient (Wildman–Crippen LogP) is 2.18. The molecule has 2 aromatic rings. The third-order valence-electron chi connectivity index (χ3n) is 4.84.